The number of hydrogen-bond acceptors (Lipinski definition) is 3. The molecule has 0 aromatic heterocycles. The first kappa shape index (κ1) is 17.8. The van der Waals surface area contributed by atoms with Crippen LogP contribution in [0.5, 0.6) is 0 Å². The van der Waals surface area contributed by atoms with Crippen LogP contribution in [-0.4, -0.2) is 13.0 Å². The van der Waals surface area contributed by atoms with Crippen LogP contribution in [0.3, 0.4) is 0 Å². The maximum atomic E-state index is 11.8. The van der Waals surface area contributed by atoms with Crippen LogP contribution in [-0.2, 0) is 16.5 Å². The summed E-state index contributed by atoms with van der Waals surface area (Å²) in [6.45, 7) is 5.62. The molecule has 0 N–H and O–H groups in total. The zero-order valence-corrected chi connectivity index (χ0v) is 14.0. The summed E-state index contributed by atoms with van der Waals surface area (Å²) in [6, 6.07) is 14.9. The van der Waals surface area contributed by atoms with Crippen LogP contribution in [0, 0.1) is 0 Å². The average Bonchev–Trinajstić information content (AvgIpc) is 2.43. The molecule has 0 aliphatic heterocycles. The molecule has 23 heavy (non-hydrogen) atoms. The van der Waals surface area contributed by atoms with Gasteiger partial charge in [-0.3, -0.25) is 0 Å². The Hall–Kier alpha value is -1.57. The van der Waals surface area contributed by atoms with E-state index in [1.165, 1.54) is 0 Å². The van der Waals surface area contributed by atoms with E-state index in [4.69, 9.17) is 0 Å². The first-order valence-corrected chi connectivity index (χ1v) is 8.32. The largest absolute Gasteiger partial charge is 1.00 e. The first-order valence-electron chi connectivity index (χ1n) is 6.91. The normalized spacial score (nSPS) is 11.4. The minimum absolute atomic E-state index is 0. The molecule has 0 bridgehead atoms. The summed E-state index contributed by atoms with van der Waals surface area (Å²) in [5, 5.41) is 3.15. The van der Waals surface area contributed by atoms with Gasteiger partial charge in [0.2, 0.25) is 0 Å². The molecule has 0 saturated heterocycles. The van der Waals surface area contributed by atoms with Gasteiger partial charge in [-0.2, -0.15) is 0 Å². The van der Waals surface area contributed by atoms with Gasteiger partial charge in [0.25, 0.3) is 0 Å². The second kappa shape index (κ2) is 6.50. The van der Waals surface area contributed by atoms with E-state index >= 15 is 0 Å². The standard InChI is InChI=1S/C18H16O3S.Li/c1-12(2)9-16-8-7-15-10-13-5-3-4-6-14(13)11-17(15)18(16)22(19,20)21;/h3-8,10-11H,1,9H2,2H3,(H,19,20,21);/q;+1/p-1. The quantitative estimate of drug-likeness (QED) is 0.314. The Bertz CT molecular complexity index is 1010. The van der Waals surface area contributed by atoms with Crippen molar-refractivity contribution in [3.63, 3.8) is 0 Å². The first-order chi connectivity index (χ1) is 10.4. The van der Waals surface area contributed by atoms with Crippen molar-refractivity contribution < 1.29 is 31.8 Å². The van der Waals surface area contributed by atoms with Crippen LogP contribution in [0.15, 0.2) is 65.6 Å². The van der Waals surface area contributed by atoms with Crippen LogP contribution in [0.25, 0.3) is 21.5 Å². The summed E-state index contributed by atoms with van der Waals surface area (Å²) in [4.78, 5) is -0.126. The molecule has 0 aliphatic carbocycles. The third-order valence-electron chi connectivity index (χ3n) is 3.66. The molecule has 112 valence electrons. The monoisotopic (exact) mass is 318 g/mol. The molecule has 0 radical (unpaired) electrons. The summed E-state index contributed by atoms with van der Waals surface area (Å²) >= 11 is 0. The predicted octanol–water partition coefficient (Wildman–Crippen LogP) is 1.02. The van der Waals surface area contributed by atoms with Crippen LogP contribution in [0.2, 0.25) is 0 Å². The van der Waals surface area contributed by atoms with E-state index in [0.29, 0.717) is 17.4 Å². The minimum Gasteiger partial charge on any atom is -0.744 e. The number of allylic oxidation sites excluding steroid dienone is 1. The van der Waals surface area contributed by atoms with Crippen molar-refractivity contribution in [2.24, 2.45) is 0 Å². The summed E-state index contributed by atoms with van der Waals surface area (Å²) in [6.07, 6.45) is 0.375. The molecule has 5 heteroatoms. The molecule has 0 unspecified atom stereocenters. The van der Waals surface area contributed by atoms with Gasteiger partial charge in [-0.1, -0.05) is 48.6 Å². The van der Waals surface area contributed by atoms with Crippen molar-refractivity contribution in [1.82, 2.24) is 0 Å². The zero-order valence-electron chi connectivity index (χ0n) is 13.2. The SMILES string of the molecule is C=C(C)Cc1ccc2cc3ccccc3cc2c1S(=O)(=O)[O-].[Li+]. The van der Waals surface area contributed by atoms with Gasteiger partial charge in [-0.15, -0.1) is 0 Å². The van der Waals surface area contributed by atoms with E-state index in [2.05, 4.69) is 6.58 Å². The Morgan fingerprint density at radius 3 is 2.22 bits per heavy atom. The number of rotatable bonds is 3. The third-order valence-corrected chi connectivity index (χ3v) is 4.64. The molecule has 3 rings (SSSR count). The molecule has 0 amide bonds. The summed E-state index contributed by atoms with van der Waals surface area (Å²) < 4.78 is 35.4. The van der Waals surface area contributed by atoms with Crippen molar-refractivity contribution >= 4 is 31.7 Å². The summed E-state index contributed by atoms with van der Waals surface area (Å²) in [5.74, 6) is 0. The van der Waals surface area contributed by atoms with E-state index in [0.717, 1.165) is 21.7 Å². The molecule has 3 nitrogen and oxygen atoms in total. The number of fused-ring (bicyclic) bond motifs is 2. The molecule has 3 aromatic rings. The number of benzene rings is 3. The Labute approximate surface area is 147 Å². The van der Waals surface area contributed by atoms with Crippen LogP contribution in [0.4, 0.5) is 0 Å². The fourth-order valence-electron chi connectivity index (χ4n) is 2.79. The van der Waals surface area contributed by atoms with Gasteiger partial charge in [0, 0.05) is 5.39 Å². The Morgan fingerprint density at radius 2 is 1.65 bits per heavy atom. The van der Waals surface area contributed by atoms with Crippen LogP contribution < -0.4 is 18.9 Å². The van der Waals surface area contributed by atoms with Crippen molar-refractivity contribution in [3.8, 4) is 0 Å². The molecule has 0 saturated carbocycles. The van der Waals surface area contributed by atoms with Crippen molar-refractivity contribution in [2.45, 2.75) is 18.2 Å². The molecular weight excluding hydrogens is 303 g/mol. The van der Waals surface area contributed by atoms with Gasteiger partial charge in [0.1, 0.15) is 10.1 Å². The topological polar surface area (TPSA) is 57.2 Å². The van der Waals surface area contributed by atoms with Gasteiger partial charge >= 0.3 is 18.9 Å². The minimum atomic E-state index is -4.57. The average molecular weight is 318 g/mol. The fourth-order valence-corrected chi connectivity index (χ4v) is 3.70. The van der Waals surface area contributed by atoms with Gasteiger partial charge in [0.15, 0.2) is 0 Å². The molecule has 0 fully saturated rings. The van der Waals surface area contributed by atoms with E-state index in [-0.39, 0.29) is 23.8 Å². The zero-order chi connectivity index (χ0) is 15.9. The Balaban J connectivity index is 0.00000192. The van der Waals surface area contributed by atoms with Gasteiger partial charge in [-0.05, 0) is 47.2 Å². The Morgan fingerprint density at radius 1 is 1.04 bits per heavy atom. The Kier molecular flexibility index (Phi) is 5.03. The predicted molar refractivity (Wildman–Crippen MR) is 87.9 cm³/mol. The maximum absolute atomic E-state index is 11.8. The van der Waals surface area contributed by atoms with Crippen LogP contribution >= 0.6 is 0 Å². The summed E-state index contributed by atoms with van der Waals surface area (Å²) in [7, 11) is -4.57. The molecule has 0 aliphatic rings. The molecule has 3 aromatic carbocycles. The van der Waals surface area contributed by atoms with E-state index in [1.54, 1.807) is 12.1 Å². The maximum Gasteiger partial charge on any atom is 1.00 e. The van der Waals surface area contributed by atoms with E-state index in [9.17, 15) is 13.0 Å². The van der Waals surface area contributed by atoms with E-state index in [1.807, 2.05) is 43.3 Å². The van der Waals surface area contributed by atoms with E-state index < -0.39 is 10.1 Å². The van der Waals surface area contributed by atoms with Gasteiger partial charge in [-0.25, -0.2) is 8.42 Å². The van der Waals surface area contributed by atoms with Crippen molar-refractivity contribution in [3.05, 3.63) is 66.2 Å². The second-order valence-corrected chi connectivity index (χ2v) is 6.88. The van der Waals surface area contributed by atoms with Crippen molar-refractivity contribution in [1.29, 1.82) is 0 Å². The van der Waals surface area contributed by atoms with Crippen molar-refractivity contribution in [2.75, 3.05) is 0 Å². The van der Waals surface area contributed by atoms with Gasteiger partial charge < -0.3 is 4.55 Å². The second-order valence-electron chi connectivity index (χ2n) is 5.56. The van der Waals surface area contributed by atoms with Crippen LogP contribution in [0.1, 0.15) is 12.5 Å². The summed E-state index contributed by atoms with van der Waals surface area (Å²) in [5.41, 5.74) is 1.32. The fraction of sp³-hybridized carbons (Fsp3) is 0.111. The smallest absolute Gasteiger partial charge is 0.744 e. The van der Waals surface area contributed by atoms with Gasteiger partial charge in [0.05, 0.1) is 4.90 Å². The number of hydrogen-bond donors (Lipinski definition) is 0. The molecule has 0 spiro atoms. The molecular formula is C18H15LiO3S. The molecule has 0 atom stereocenters. The molecule has 0 heterocycles. The third kappa shape index (κ3) is 3.51.